The van der Waals surface area contributed by atoms with E-state index in [0.717, 1.165) is 10.3 Å². The van der Waals surface area contributed by atoms with Crippen molar-refractivity contribution in [2.45, 2.75) is 19.6 Å². The molecular weight excluding hydrogens is 322 g/mol. The zero-order valence-corrected chi connectivity index (χ0v) is 12.9. The number of halogens is 1. The molecule has 0 fully saturated rings. The van der Waals surface area contributed by atoms with Gasteiger partial charge in [0.1, 0.15) is 11.6 Å². The fourth-order valence-corrected chi connectivity index (χ4v) is 2.04. The van der Waals surface area contributed by atoms with Gasteiger partial charge >= 0.3 is 0 Å². The summed E-state index contributed by atoms with van der Waals surface area (Å²) in [5.74, 6) is 1.27. The van der Waals surface area contributed by atoms with Crippen LogP contribution in [-0.4, -0.2) is 21.6 Å². The highest BCUT2D eigenvalue weighted by atomic mass is 79.9. The maximum atomic E-state index is 12.0. The molecule has 1 heterocycles. The molecule has 106 valence electrons. The fourth-order valence-electron chi connectivity index (χ4n) is 1.66. The summed E-state index contributed by atoms with van der Waals surface area (Å²) in [5, 5.41) is 2.80. The Labute approximate surface area is 126 Å². The lowest BCUT2D eigenvalue weighted by molar-refractivity contribution is -0.127. The number of benzene rings is 1. The van der Waals surface area contributed by atoms with Crippen molar-refractivity contribution in [3.05, 3.63) is 47.0 Å². The van der Waals surface area contributed by atoms with Gasteiger partial charge in [0.15, 0.2) is 6.10 Å². The zero-order valence-electron chi connectivity index (χ0n) is 11.3. The molecule has 0 spiro atoms. The number of nitrogens with zero attached hydrogens (tertiary/aromatic N) is 2. The van der Waals surface area contributed by atoms with Gasteiger partial charge in [-0.1, -0.05) is 12.1 Å². The van der Waals surface area contributed by atoms with E-state index in [1.807, 2.05) is 42.1 Å². The number of hydrogen-bond donors (Lipinski definition) is 1. The molecule has 0 radical (unpaired) electrons. The summed E-state index contributed by atoms with van der Waals surface area (Å²) in [6, 6.07) is 7.43. The summed E-state index contributed by atoms with van der Waals surface area (Å²) >= 11 is 3.38. The maximum absolute atomic E-state index is 12.0. The minimum Gasteiger partial charge on any atom is -0.480 e. The Morgan fingerprint density at radius 1 is 1.50 bits per heavy atom. The molecule has 0 aliphatic carbocycles. The van der Waals surface area contributed by atoms with Gasteiger partial charge in [0.2, 0.25) is 0 Å². The molecule has 2 rings (SSSR count). The second kappa shape index (κ2) is 6.56. The van der Waals surface area contributed by atoms with Crippen LogP contribution in [-0.2, 0) is 18.4 Å². The molecule has 1 N–H and O–H groups in total. The van der Waals surface area contributed by atoms with Crippen LogP contribution in [0.5, 0.6) is 5.75 Å². The predicted molar refractivity (Wildman–Crippen MR) is 79.3 cm³/mol. The summed E-state index contributed by atoms with van der Waals surface area (Å²) in [5.41, 5.74) is 0. The second-order valence-electron chi connectivity index (χ2n) is 4.36. The van der Waals surface area contributed by atoms with Gasteiger partial charge in [-0.15, -0.1) is 0 Å². The van der Waals surface area contributed by atoms with Gasteiger partial charge in [-0.05, 0) is 35.0 Å². The van der Waals surface area contributed by atoms with E-state index in [2.05, 4.69) is 26.2 Å². The number of aryl methyl sites for hydroxylation is 1. The van der Waals surface area contributed by atoms with E-state index in [1.54, 1.807) is 13.1 Å². The third-order valence-corrected chi connectivity index (χ3v) is 3.51. The summed E-state index contributed by atoms with van der Waals surface area (Å²) < 4.78 is 8.30. The standard InChI is InChI=1S/C14H16BrN3O2/c1-10(20-12-6-4-3-5-11(12)15)14(19)17-9-13-16-7-8-18(13)2/h3-8,10H,9H2,1-2H3,(H,17,19)/t10-/m0/s1. The molecule has 1 atom stereocenters. The molecule has 1 aromatic heterocycles. The Morgan fingerprint density at radius 3 is 2.90 bits per heavy atom. The van der Waals surface area contributed by atoms with E-state index in [1.165, 1.54) is 0 Å². The van der Waals surface area contributed by atoms with Crippen LogP contribution in [0.4, 0.5) is 0 Å². The molecule has 0 saturated carbocycles. The van der Waals surface area contributed by atoms with Gasteiger partial charge in [0.25, 0.3) is 5.91 Å². The summed E-state index contributed by atoms with van der Waals surface area (Å²) in [4.78, 5) is 16.1. The Morgan fingerprint density at radius 2 is 2.25 bits per heavy atom. The first-order chi connectivity index (χ1) is 9.58. The Balaban J connectivity index is 1.89. The van der Waals surface area contributed by atoms with Gasteiger partial charge in [-0.3, -0.25) is 4.79 Å². The molecule has 1 amide bonds. The van der Waals surface area contributed by atoms with Crippen LogP contribution in [0.15, 0.2) is 41.1 Å². The number of nitrogens with one attached hydrogen (secondary N) is 1. The number of rotatable bonds is 5. The van der Waals surface area contributed by atoms with Crippen molar-refractivity contribution in [1.82, 2.24) is 14.9 Å². The molecule has 0 aliphatic rings. The molecule has 1 aromatic carbocycles. The van der Waals surface area contributed by atoms with Crippen molar-refractivity contribution >= 4 is 21.8 Å². The van der Waals surface area contributed by atoms with E-state index < -0.39 is 6.10 Å². The van der Waals surface area contributed by atoms with Crippen molar-refractivity contribution in [3.8, 4) is 5.75 Å². The van der Waals surface area contributed by atoms with Crippen LogP contribution in [0.1, 0.15) is 12.7 Å². The van der Waals surface area contributed by atoms with Crippen molar-refractivity contribution in [1.29, 1.82) is 0 Å². The summed E-state index contributed by atoms with van der Waals surface area (Å²) in [6.45, 7) is 2.10. The third kappa shape index (κ3) is 3.60. The Hall–Kier alpha value is -1.82. The summed E-state index contributed by atoms with van der Waals surface area (Å²) in [7, 11) is 1.88. The maximum Gasteiger partial charge on any atom is 0.261 e. The average molecular weight is 338 g/mol. The molecule has 6 heteroatoms. The normalized spacial score (nSPS) is 11.9. The van der Waals surface area contributed by atoms with Gasteiger partial charge in [0, 0.05) is 19.4 Å². The van der Waals surface area contributed by atoms with E-state index in [9.17, 15) is 4.79 Å². The molecular formula is C14H16BrN3O2. The van der Waals surface area contributed by atoms with E-state index in [0.29, 0.717) is 12.3 Å². The third-order valence-electron chi connectivity index (χ3n) is 2.85. The number of hydrogen-bond acceptors (Lipinski definition) is 3. The highest BCUT2D eigenvalue weighted by Crippen LogP contribution is 2.24. The number of aromatic nitrogens is 2. The van der Waals surface area contributed by atoms with E-state index in [-0.39, 0.29) is 5.91 Å². The second-order valence-corrected chi connectivity index (χ2v) is 5.22. The van der Waals surface area contributed by atoms with Crippen molar-refractivity contribution < 1.29 is 9.53 Å². The van der Waals surface area contributed by atoms with Gasteiger partial charge < -0.3 is 14.6 Å². The lowest BCUT2D eigenvalue weighted by Crippen LogP contribution is -2.36. The first kappa shape index (κ1) is 14.6. The Kier molecular flexibility index (Phi) is 4.79. The van der Waals surface area contributed by atoms with Gasteiger partial charge in [-0.25, -0.2) is 4.98 Å². The quantitative estimate of drug-likeness (QED) is 0.910. The number of carbonyl (C=O) groups is 1. The molecule has 0 bridgehead atoms. The van der Waals surface area contributed by atoms with Crippen molar-refractivity contribution in [2.75, 3.05) is 0 Å². The predicted octanol–water partition coefficient (Wildman–Crippen LogP) is 2.27. The summed E-state index contributed by atoms with van der Waals surface area (Å²) in [6.07, 6.45) is 2.96. The van der Waals surface area contributed by atoms with Gasteiger partial charge in [0.05, 0.1) is 11.0 Å². The fraction of sp³-hybridized carbons (Fsp3) is 0.286. The first-order valence-electron chi connectivity index (χ1n) is 6.23. The van der Waals surface area contributed by atoms with Crippen LogP contribution >= 0.6 is 15.9 Å². The highest BCUT2D eigenvalue weighted by Gasteiger charge is 2.16. The lowest BCUT2D eigenvalue weighted by Gasteiger charge is -2.15. The van der Waals surface area contributed by atoms with Crippen molar-refractivity contribution in [3.63, 3.8) is 0 Å². The number of amides is 1. The van der Waals surface area contributed by atoms with Gasteiger partial charge in [-0.2, -0.15) is 0 Å². The topological polar surface area (TPSA) is 56.1 Å². The molecule has 0 aliphatic heterocycles. The van der Waals surface area contributed by atoms with Crippen LogP contribution in [0.2, 0.25) is 0 Å². The highest BCUT2D eigenvalue weighted by molar-refractivity contribution is 9.10. The lowest BCUT2D eigenvalue weighted by atomic mass is 10.3. The van der Waals surface area contributed by atoms with Crippen LogP contribution in [0, 0.1) is 0 Å². The average Bonchev–Trinajstić information content (AvgIpc) is 2.84. The number of ether oxygens (including phenoxy) is 1. The molecule has 20 heavy (non-hydrogen) atoms. The number of para-hydroxylation sites is 1. The minimum atomic E-state index is -0.575. The number of imidazole rings is 1. The molecule has 0 unspecified atom stereocenters. The van der Waals surface area contributed by atoms with Crippen LogP contribution in [0.25, 0.3) is 0 Å². The molecule has 2 aromatic rings. The van der Waals surface area contributed by atoms with Crippen LogP contribution < -0.4 is 10.1 Å². The monoisotopic (exact) mass is 337 g/mol. The Bertz CT molecular complexity index is 598. The van der Waals surface area contributed by atoms with Crippen molar-refractivity contribution in [2.24, 2.45) is 7.05 Å². The number of carbonyl (C=O) groups excluding carboxylic acids is 1. The first-order valence-corrected chi connectivity index (χ1v) is 7.02. The molecule has 5 nitrogen and oxygen atoms in total. The van der Waals surface area contributed by atoms with E-state index in [4.69, 9.17) is 4.74 Å². The largest absolute Gasteiger partial charge is 0.480 e. The molecule has 0 saturated heterocycles. The van der Waals surface area contributed by atoms with Crippen LogP contribution in [0.3, 0.4) is 0 Å². The smallest absolute Gasteiger partial charge is 0.261 e. The minimum absolute atomic E-state index is 0.177. The zero-order chi connectivity index (χ0) is 14.5. The van der Waals surface area contributed by atoms with E-state index >= 15 is 0 Å². The SMILES string of the molecule is C[C@H](Oc1ccccc1Br)C(=O)NCc1nccn1C.